The lowest BCUT2D eigenvalue weighted by Crippen LogP contribution is -2.50. The first kappa shape index (κ1) is 30.1. The summed E-state index contributed by atoms with van der Waals surface area (Å²) in [6.07, 6.45) is 10.1. The molecule has 1 aliphatic heterocycles. The number of hydrogen-bond acceptors (Lipinski definition) is 7. The van der Waals surface area contributed by atoms with E-state index in [1.54, 1.807) is 41.6 Å². The van der Waals surface area contributed by atoms with E-state index in [4.69, 9.17) is 4.74 Å². The van der Waals surface area contributed by atoms with Gasteiger partial charge < -0.3 is 19.4 Å². The van der Waals surface area contributed by atoms with Gasteiger partial charge in [-0.25, -0.2) is 14.8 Å². The van der Waals surface area contributed by atoms with Crippen LogP contribution in [0.25, 0.3) is 11.4 Å². The van der Waals surface area contributed by atoms with Crippen molar-refractivity contribution in [2.24, 2.45) is 0 Å². The fourth-order valence-corrected chi connectivity index (χ4v) is 5.31. The van der Waals surface area contributed by atoms with Gasteiger partial charge in [0.25, 0.3) is 5.91 Å². The molecule has 0 unspecified atom stereocenters. The van der Waals surface area contributed by atoms with E-state index in [2.05, 4.69) is 15.0 Å². The first-order valence-electron chi connectivity index (χ1n) is 14.9. The smallest absolute Gasteiger partial charge is 0.410 e. The zero-order valence-electron chi connectivity index (χ0n) is 25.4. The first-order chi connectivity index (χ1) is 20.6. The van der Waals surface area contributed by atoms with Gasteiger partial charge in [0.05, 0.1) is 12.0 Å². The molecule has 0 radical (unpaired) electrons. The molecule has 2 aromatic heterocycles. The van der Waals surface area contributed by atoms with E-state index < -0.39 is 5.60 Å². The lowest BCUT2D eigenvalue weighted by molar-refractivity contribution is -0.129. The Morgan fingerprint density at radius 1 is 0.907 bits per heavy atom. The predicted octanol–water partition coefficient (Wildman–Crippen LogP) is 4.74. The molecule has 3 heterocycles. The molecular weight excluding hydrogens is 544 g/mol. The predicted molar refractivity (Wildman–Crippen MR) is 162 cm³/mol. The lowest BCUT2D eigenvalue weighted by atomic mass is 10.0. The summed E-state index contributed by atoms with van der Waals surface area (Å²) in [6, 6.07) is 11.7. The number of carbonyl (C=O) groups is 3. The monoisotopic (exact) mass is 584 g/mol. The third kappa shape index (κ3) is 7.94. The fourth-order valence-electron chi connectivity index (χ4n) is 5.31. The highest BCUT2D eigenvalue weighted by Gasteiger charge is 2.40. The molecule has 3 amide bonds. The second-order valence-electron chi connectivity index (χ2n) is 12.4. The molecule has 226 valence electrons. The Labute approximate surface area is 253 Å². The molecule has 43 heavy (non-hydrogen) atoms. The molecule has 2 aliphatic rings. The number of amides is 3. The summed E-state index contributed by atoms with van der Waals surface area (Å²) in [5.41, 5.74) is 2.62. The van der Waals surface area contributed by atoms with Crippen LogP contribution < -0.4 is 0 Å². The summed E-state index contributed by atoms with van der Waals surface area (Å²) < 4.78 is 5.52. The summed E-state index contributed by atoms with van der Waals surface area (Å²) >= 11 is 0. The maximum Gasteiger partial charge on any atom is 0.410 e. The topological polar surface area (TPSA) is 109 Å². The van der Waals surface area contributed by atoms with E-state index in [0.29, 0.717) is 50.3 Å². The normalized spacial score (nSPS) is 15.6. The largest absolute Gasteiger partial charge is 0.444 e. The van der Waals surface area contributed by atoms with Crippen molar-refractivity contribution < 1.29 is 19.1 Å². The van der Waals surface area contributed by atoms with Crippen LogP contribution in [-0.2, 0) is 22.5 Å². The zero-order valence-corrected chi connectivity index (χ0v) is 25.4. The molecule has 1 aromatic carbocycles. The number of aromatic nitrogens is 3. The number of hydrogen-bond donors (Lipinski definition) is 0. The van der Waals surface area contributed by atoms with E-state index in [1.165, 1.54) is 0 Å². The van der Waals surface area contributed by atoms with E-state index in [9.17, 15) is 14.4 Å². The minimum absolute atomic E-state index is 0.0199. The van der Waals surface area contributed by atoms with Crippen LogP contribution in [0.15, 0.2) is 61.2 Å². The van der Waals surface area contributed by atoms with Crippen molar-refractivity contribution in [3.8, 4) is 11.4 Å². The van der Waals surface area contributed by atoms with E-state index >= 15 is 0 Å². The number of nitrogens with zero attached hydrogens (tertiary/aromatic N) is 6. The summed E-state index contributed by atoms with van der Waals surface area (Å²) in [4.78, 5) is 57.3. The molecule has 10 heteroatoms. The summed E-state index contributed by atoms with van der Waals surface area (Å²) in [5.74, 6) is 0.479. The molecule has 1 saturated carbocycles. The standard InChI is InChI=1S/C33H40N6O4/c1-33(2,3)43-32(42)38-16-13-28(14-17-38)39(27-11-12-27)31(41)26-20-35-30(36-21-26)25-9-7-23(8-10-25)18-29(40)37(4)22-24-6-5-15-34-19-24/h5-10,15,19-21,27-28H,11-14,16-18,22H2,1-4H3. The van der Waals surface area contributed by atoms with Crippen LogP contribution in [0.5, 0.6) is 0 Å². The second-order valence-corrected chi connectivity index (χ2v) is 12.4. The van der Waals surface area contributed by atoms with E-state index in [-0.39, 0.29) is 30.0 Å². The maximum absolute atomic E-state index is 13.6. The molecule has 1 aliphatic carbocycles. The lowest BCUT2D eigenvalue weighted by Gasteiger charge is -2.39. The highest BCUT2D eigenvalue weighted by atomic mass is 16.6. The minimum atomic E-state index is -0.533. The van der Waals surface area contributed by atoms with Crippen LogP contribution in [0.2, 0.25) is 0 Å². The second kappa shape index (κ2) is 12.9. The third-order valence-corrected chi connectivity index (χ3v) is 7.72. The molecule has 0 bridgehead atoms. The molecular formula is C33H40N6O4. The Morgan fingerprint density at radius 2 is 1.56 bits per heavy atom. The quantitative estimate of drug-likeness (QED) is 0.376. The van der Waals surface area contributed by atoms with Crippen LogP contribution in [0.4, 0.5) is 4.79 Å². The molecule has 0 N–H and O–H groups in total. The zero-order chi connectivity index (χ0) is 30.6. The van der Waals surface area contributed by atoms with Crippen molar-refractivity contribution in [3.63, 3.8) is 0 Å². The Balaban J connectivity index is 1.17. The van der Waals surface area contributed by atoms with Gasteiger partial charge in [0.2, 0.25) is 5.91 Å². The maximum atomic E-state index is 13.6. The van der Waals surface area contributed by atoms with Crippen LogP contribution >= 0.6 is 0 Å². The number of pyridine rings is 1. The highest BCUT2D eigenvalue weighted by molar-refractivity contribution is 5.94. The number of piperidine rings is 1. The molecule has 3 aromatic rings. The van der Waals surface area contributed by atoms with Crippen molar-refractivity contribution in [1.29, 1.82) is 0 Å². The van der Waals surface area contributed by atoms with Gasteiger partial charge in [-0.3, -0.25) is 14.6 Å². The van der Waals surface area contributed by atoms with Gasteiger partial charge in [-0.05, 0) is 63.6 Å². The molecule has 1 saturated heterocycles. The summed E-state index contributed by atoms with van der Waals surface area (Å²) in [6.45, 7) is 7.22. The van der Waals surface area contributed by atoms with Crippen molar-refractivity contribution in [2.75, 3.05) is 20.1 Å². The number of carbonyl (C=O) groups excluding carboxylic acids is 3. The minimum Gasteiger partial charge on any atom is -0.444 e. The van der Waals surface area contributed by atoms with Crippen molar-refractivity contribution in [1.82, 2.24) is 29.7 Å². The molecule has 0 atom stereocenters. The van der Waals surface area contributed by atoms with Gasteiger partial charge in [-0.15, -0.1) is 0 Å². The van der Waals surface area contributed by atoms with Gasteiger partial charge >= 0.3 is 6.09 Å². The molecule has 2 fully saturated rings. The third-order valence-electron chi connectivity index (χ3n) is 7.72. The van der Waals surface area contributed by atoms with Gasteiger partial charge in [0, 0.05) is 69.1 Å². The van der Waals surface area contributed by atoms with Gasteiger partial charge in [-0.2, -0.15) is 0 Å². The Morgan fingerprint density at radius 3 is 2.14 bits per heavy atom. The van der Waals surface area contributed by atoms with Crippen LogP contribution in [-0.4, -0.2) is 85.4 Å². The Hall–Kier alpha value is -4.34. The molecule has 0 spiro atoms. The Bertz CT molecular complexity index is 1410. The first-order valence-corrected chi connectivity index (χ1v) is 14.9. The van der Waals surface area contributed by atoms with Crippen molar-refractivity contribution in [2.45, 2.75) is 77.1 Å². The van der Waals surface area contributed by atoms with Gasteiger partial charge in [-0.1, -0.05) is 30.3 Å². The van der Waals surface area contributed by atoms with E-state index in [1.807, 2.05) is 62.1 Å². The van der Waals surface area contributed by atoms with Crippen molar-refractivity contribution >= 4 is 17.9 Å². The van der Waals surface area contributed by atoms with Crippen LogP contribution in [0.1, 0.15) is 67.9 Å². The molecule has 10 nitrogen and oxygen atoms in total. The van der Waals surface area contributed by atoms with Crippen molar-refractivity contribution in [3.05, 3.63) is 77.9 Å². The SMILES string of the molecule is CN(Cc1cccnc1)C(=O)Cc1ccc(-c2ncc(C(=O)N(C3CC3)C3CCN(C(=O)OC(C)(C)C)CC3)cn2)cc1. The number of benzene rings is 1. The van der Waals surface area contributed by atoms with Crippen LogP contribution in [0.3, 0.4) is 0 Å². The number of ether oxygens (including phenoxy) is 1. The van der Waals surface area contributed by atoms with E-state index in [0.717, 1.165) is 29.5 Å². The molecule has 5 rings (SSSR count). The average Bonchev–Trinajstić information content (AvgIpc) is 3.83. The number of likely N-dealkylation sites (tertiary alicyclic amines) is 1. The number of likely N-dealkylation sites (N-methyl/N-ethyl adjacent to an activating group) is 1. The summed E-state index contributed by atoms with van der Waals surface area (Å²) in [5, 5.41) is 0. The van der Waals surface area contributed by atoms with Gasteiger partial charge in [0.1, 0.15) is 5.60 Å². The number of rotatable bonds is 8. The average molecular weight is 585 g/mol. The summed E-state index contributed by atoms with van der Waals surface area (Å²) in [7, 11) is 1.79. The van der Waals surface area contributed by atoms with Crippen LogP contribution in [0, 0.1) is 0 Å². The Kier molecular flexibility index (Phi) is 9.03. The highest BCUT2D eigenvalue weighted by Crippen LogP contribution is 2.33. The fraction of sp³-hybridized carbons (Fsp3) is 0.455. The van der Waals surface area contributed by atoms with Gasteiger partial charge in [0.15, 0.2) is 5.82 Å².